The maximum atomic E-state index is 10.9. The fraction of sp³-hybridized carbons (Fsp3) is 0.727. The highest BCUT2D eigenvalue weighted by atomic mass is 16.5. The van der Waals surface area contributed by atoms with Crippen LogP contribution in [0.2, 0.25) is 0 Å². The first-order chi connectivity index (χ1) is 6.14. The predicted molar refractivity (Wildman–Crippen MR) is 50.4 cm³/mol. The Morgan fingerprint density at radius 3 is 2.69 bits per heavy atom. The van der Waals surface area contributed by atoms with Gasteiger partial charge in [0.25, 0.3) is 0 Å². The van der Waals surface area contributed by atoms with Gasteiger partial charge in [0.05, 0.1) is 5.60 Å². The van der Waals surface area contributed by atoms with Crippen molar-refractivity contribution >= 4 is 6.29 Å². The Balaban J connectivity index is 2.37. The van der Waals surface area contributed by atoms with E-state index in [0.29, 0.717) is 0 Å². The predicted octanol–water partition coefficient (Wildman–Crippen LogP) is 1.95. The van der Waals surface area contributed by atoms with E-state index in [2.05, 4.69) is 19.1 Å². The quantitative estimate of drug-likeness (QED) is 0.479. The summed E-state index contributed by atoms with van der Waals surface area (Å²) in [4.78, 5) is 10.9. The Bertz CT molecular complexity index is 259. The highest BCUT2D eigenvalue weighted by molar-refractivity contribution is 5.58. The van der Waals surface area contributed by atoms with Crippen LogP contribution in [0.3, 0.4) is 0 Å². The van der Waals surface area contributed by atoms with Crippen molar-refractivity contribution in [3.63, 3.8) is 0 Å². The summed E-state index contributed by atoms with van der Waals surface area (Å²) in [5.74, 6) is 0.0567. The van der Waals surface area contributed by atoms with Crippen LogP contribution in [0.5, 0.6) is 0 Å². The highest BCUT2D eigenvalue weighted by Crippen LogP contribution is 2.51. The summed E-state index contributed by atoms with van der Waals surface area (Å²) in [6.45, 7) is 2.22. The van der Waals surface area contributed by atoms with E-state index in [4.69, 9.17) is 4.74 Å². The van der Waals surface area contributed by atoms with Crippen molar-refractivity contribution in [3.05, 3.63) is 12.2 Å². The molecule has 3 atom stereocenters. The molecule has 0 aliphatic heterocycles. The van der Waals surface area contributed by atoms with Crippen LogP contribution in [0.4, 0.5) is 0 Å². The van der Waals surface area contributed by atoms with E-state index in [-0.39, 0.29) is 16.9 Å². The van der Waals surface area contributed by atoms with Crippen molar-refractivity contribution < 1.29 is 9.53 Å². The molecule has 0 N–H and O–H groups in total. The first kappa shape index (κ1) is 8.95. The van der Waals surface area contributed by atoms with E-state index in [0.717, 1.165) is 25.5 Å². The molecule has 3 aliphatic rings. The van der Waals surface area contributed by atoms with E-state index < -0.39 is 0 Å². The Hall–Kier alpha value is -0.630. The Kier molecular flexibility index (Phi) is 1.84. The van der Waals surface area contributed by atoms with Gasteiger partial charge in [-0.15, -0.1) is 0 Å². The number of hydrogen-bond acceptors (Lipinski definition) is 2. The standard InChI is InChI=1S/C11H16O2/c1-10-3-5-11(13-2,6-4-10)9(7-10)8-12/h3,5,8-9H,4,6-7H2,1-2H3. The van der Waals surface area contributed by atoms with Crippen LogP contribution in [-0.2, 0) is 9.53 Å². The molecule has 3 aliphatic carbocycles. The lowest BCUT2D eigenvalue weighted by atomic mass is 9.59. The van der Waals surface area contributed by atoms with Crippen LogP contribution in [-0.4, -0.2) is 19.0 Å². The minimum atomic E-state index is -0.278. The SMILES string of the molecule is COC12C=CC(C)(CC1)CC2C=O. The van der Waals surface area contributed by atoms with Crippen LogP contribution in [0.25, 0.3) is 0 Å². The summed E-state index contributed by atoms with van der Waals surface area (Å²) in [5.41, 5.74) is -0.0363. The molecular formula is C11H16O2. The maximum absolute atomic E-state index is 10.9. The second kappa shape index (κ2) is 2.68. The first-order valence-corrected chi connectivity index (χ1v) is 4.85. The third-order valence-electron chi connectivity index (χ3n) is 3.71. The molecule has 0 aromatic rings. The molecule has 0 radical (unpaired) electrons. The number of ether oxygens (including phenoxy) is 1. The molecule has 0 heterocycles. The average Bonchev–Trinajstić information content (AvgIpc) is 2.18. The molecule has 0 aromatic carbocycles. The normalized spacial score (nSPS) is 48.0. The lowest BCUT2D eigenvalue weighted by Gasteiger charge is -2.50. The van der Waals surface area contributed by atoms with Gasteiger partial charge in [-0.2, -0.15) is 0 Å². The van der Waals surface area contributed by atoms with Crippen molar-refractivity contribution in [3.8, 4) is 0 Å². The molecule has 3 unspecified atom stereocenters. The number of aldehydes is 1. The lowest BCUT2D eigenvalue weighted by Crippen LogP contribution is -2.49. The molecule has 2 bridgehead atoms. The first-order valence-electron chi connectivity index (χ1n) is 4.85. The van der Waals surface area contributed by atoms with Crippen LogP contribution in [0, 0.1) is 11.3 Å². The van der Waals surface area contributed by atoms with Gasteiger partial charge in [-0.1, -0.05) is 19.1 Å². The van der Waals surface area contributed by atoms with E-state index in [1.807, 2.05) is 0 Å². The number of rotatable bonds is 2. The number of fused-ring (bicyclic) bond motifs is 2. The van der Waals surface area contributed by atoms with Gasteiger partial charge in [0.15, 0.2) is 0 Å². The van der Waals surface area contributed by atoms with Crippen LogP contribution in [0.1, 0.15) is 26.2 Å². The maximum Gasteiger partial charge on any atom is 0.126 e. The van der Waals surface area contributed by atoms with Gasteiger partial charge < -0.3 is 9.53 Å². The van der Waals surface area contributed by atoms with Gasteiger partial charge in [-0.25, -0.2) is 0 Å². The van der Waals surface area contributed by atoms with E-state index >= 15 is 0 Å². The lowest BCUT2D eigenvalue weighted by molar-refractivity contribution is -0.128. The second-order valence-corrected chi connectivity index (χ2v) is 4.59. The van der Waals surface area contributed by atoms with Crippen molar-refractivity contribution in [2.75, 3.05) is 7.11 Å². The van der Waals surface area contributed by atoms with Gasteiger partial charge in [-0.05, 0) is 24.7 Å². The highest BCUT2D eigenvalue weighted by Gasteiger charge is 2.49. The fourth-order valence-corrected chi connectivity index (χ4v) is 2.63. The molecule has 13 heavy (non-hydrogen) atoms. The molecule has 0 saturated heterocycles. The van der Waals surface area contributed by atoms with Crippen molar-refractivity contribution in [1.82, 2.24) is 0 Å². The third kappa shape index (κ3) is 1.16. The van der Waals surface area contributed by atoms with E-state index in [9.17, 15) is 4.79 Å². The molecule has 2 heteroatoms. The minimum Gasteiger partial charge on any atom is -0.373 e. The number of carbonyl (C=O) groups is 1. The summed E-state index contributed by atoms with van der Waals surface area (Å²) in [6.07, 6.45) is 8.45. The number of allylic oxidation sites excluding steroid dienone is 1. The summed E-state index contributed by atoms with van der Waals surface area (Å²) in [6, 6.07) is 0. The average molecular weight is 180 g/mol. The molecule has 3 rings (SSSR count). The van der Waals surface area contributed by atoms with Crippen molar-refractivity contribution in [2.24, 2.45) is 11.3 Å². The Morgan fingerprint density at radius 1 is 1.46 bits per heavy atom. The Labute approximate surface area is 79.0 Å². The van der Waals surface area contributed by atoms with Gasteiger partial charge in [0.2, 0.25) is 0 Å². The van der Waals surface area contributed by atoms with Gasteiger partial charge >= 0.3 is 0 Å². The zero-order valence-corrected chi connectivity index (χ0v) is 8.25. The smallest absolute Gasteiger partial charge is 0.126 e. The number of carbonyl (C=O) groups excluding carboxylic acids is 1. The summed E-state index contributed by atoms with van der Waals surface area (Å²) >= 11 is 0. The molecular weight excluding hydrogens is 164 g/mol. The number of hydrogen-bond donors (Lipinski definition) is 0. The molecule has 2 nitrogen and oxygen atoms in total. The second-order valence-electron chi connectivity index (χ2n) is 4.59. The number of methoxy groups -OCH3 is 1. The zero-order chi connectivity index (χ0) is 9.53. The largest absolute Gasteiger partial charge is 0.373 e. The molecule has 72 valence electrons. The summed E-state index contributed by atoms with van der Waals surface area (Å²) in [7, 11) is 1.70. The van der Waals surface area contributed by atoms with Crippen LogP contribution < -0.4 is 0 Å². The summed E-state index contributed by atoms with van der Waals surface area (Å²) < 4.78 is 5.50. The molecule has 1 saturated carbocycles. The van der Waals surface area contributed by atoms with Gasteiger partial charge in [-0.3, -0.25) is 0 Å². The van der Waals surface area contributed by atoms with Gasteiger partial charge in [0.1, 0.15) is 6.29 Å². The molecule has 0 spiro atoms. The zero-order valence-electron chi connectivity index (χ0n) is 8.25. The molecule has 0 aromatic heterocycles. The Morgan fingerprint density at radius 2 is 2.23 bits per heavy atom. The monoisotopic (exact) mass is 180 g/mol. The van der Waals surface area contributed by atoms with Gasteiger partial charge in [0, 0.05) is 13.0 Å². The topological polar surface area (TPSA) is 26.3 Å². The fourth-order valence-electron chi connectivity index (χ4n) is 2.63. The van der Waals surface area contributed by atoms with Crippen LogP contribution >= 0.6 is 0 Å². The summed E-state index contributed by atoms with van der Waals surface area (Å²) in [5, 5.41) is 0. The minimum absolute atomic E-state index is 0.0567. The third-order valence-corrected chi connectivity index (χ3v) is 3.71. The molecule has 1 fully saturated rings. The van der Waals surface area contributed by atoms with Crippen molar-refractivity contribution in [1.29, 1.82) is 0 Å². The van der Waals surface area contributed by atoms with E-state index in [1.54, 1.807) is 7.11 Å². The molecule has 0 amide bonds. The van der Waals surface area contributed by atoms with Crippen LogP contribution in [0.15, 0.2) is 12.2 Å². The van der Waals surface area contributed by atoms with E-state index in [1.165, 1.54) is 0 Å². The van der Waals surface area contributed by atoms with Crippen molar-refractivity contribution in [2.45, 2.75) is 31.8 Å².